The predicted molar refractivity (Wildman–Crippen MR) is 93.3 cm³/mol. The lowest BCUT2D eigenvalue weighted by Crippen LogP contribution is -2.39. The van der Waals surface area contributed by atoms with E-state index in [1.54, 1.807) is 35.5 Å². The van der Waals surface area contributed by atoms with E-state index in [-0.39, 0.29) is 11.2 Å². The summed E-state index contributed by atoms with van der Waals surface area (Å²) in [7, 11) is 0. The zero-order chi connectivity index (χ0) is 14.5. The number of pyridine rings is 1. The zero-order valence-corrected chi connectivity index (χ0v) is 13.9. The molecular formula is C15H16N2OS3. The Kier molecular flexibility index (Phi) is 5.22. The van der Waals surface area contributed by atoms with Gasteiger partial charge < -0.3 is 4.90 Å². The van der Waals surface area contributed by atoms with E-state index in [0.717, 1.165) is 22.9 Å². The third-order valence-corrected chi connectivity index (χ3v) is 6.71. The summed E-state index contributed by atoms with van der Waals surface area (Å²) in [5.74, 6) is 3.31. The molecule has 1 aliphatic rings. The first kappa shape index (κ1) is 14.9. The fourth-order valence-electron chi connectivity index (χ4n) is 2.18. The molecule has 0 aromatic carbocycles. The highest BCUT2D eigenvalue weighted by molar-refractivity contribution is 8.07. The van der Waals surface area contributed by atoms with Crippen molar-refractivity contribution in [2.24, 2.45) is 0 Å². The Morgan fingerprint density at radius 3 is 3.00 bits per heavy atom. The van der Waals surface area contributed by atoms with Gasteiger partial charge in [-0.25, -0.2) is 0 Å². The van der Waals surface area contributed by atoms with Crippen LogP contribution in [0.4, 0.5) is 5.69 Å². The van der Waals surface area contributed by atoms with Gasteiger partial charge in [0.15, 0.2) is 0 Å². The third-order valence-electron chi connectivity index (χ3n) is 3.24. The lowest BCUT2D eigenvalue weighted by atomic mass is 10.2. The standard InChI is InChI=1S/C15H16N2OS3/c18-15(14-11-20-6-7-21-14)17(9-12-3-5-19-10-12)13-2-1-4-16-8-13/h1-5,8,10,14H,6-7,9,11H2/t14-/m0/s1. The molecule has 0 N–H and O–H groups in total. The maximum atomic E-state index is 12.9. The van der Waals surface area contributed by atoms with Crippen molar-refractivity contribution in [3.8, 4) is 0 Å². The number of aromatic nitrogens is 1. The van der Waals surface area contributed by atoms with Crippen molar-refractivity contribution in [1.29, 1.82) is 0 Å². The van der Waals surface area contributed by atoms with Crippen LogP contribution in [0.1, 0.15) is 5.56 Å². The van der Waals surface area contributed by atoms with Gasteiger partial charge in [0.25, 0.3) is 0 Å². The molecule has 3 rings (SSSR count). The number of hydrogen-bond donors (Lipinski definition) is 0. The second-order valence-electron chi connectivity index (χ2n) is 4.70. The number of thiophene rings is 1. The molecule has 0 spiro atoms. The van der Waals surface area contributed by atoms with Gasteiger partial charge in [0.05, 0.1) is 23.7 Å². The highest BCUT2D eigenvalue weighted by Gasteiger charge is 2.28. The van der Waals surface area contributed by atoms with E-state index in [9.17, 15) is 4.79 Å². The third kappa shape index (κ3) is 3.81. The van der Waals surface area contributed by atoms with Gasteiger partial charge in [0, 0.05) is 23.5 Å². The summed E-state index contributed by atoms with van der Waals surface area (Å²) in [5.41, 5.74) is 2.05. The van der Waals surface area contributed by atoms with Crippen LogP contribution in [0, 0.1) is 0 Å². The molecule has 1 amide bonds. The highest BCUT2D eigenvalue weighted by atomic mass is 32.2. The average Bonchev–Trinajstić information content (AvgIpc) is 3.07. The van der Waals surface area contributed by atoms with Crippen LogP contribution in [0.2, 0.25) is 0 Å². The van der Waals surface area contributed by atoms with E-state index in [1.807, 2.05) is 34.2 Å². The number of amides is 1. The second-order valence-corrected chi connectivity index (χ2v) is 7.94. The van der Waals surface area contributed by atoms with E-state index in [1.165, 1.54) is 5.56 Å². The maximum absolute atomic E-state index is 12.9. The monoisotopic (exact) mass is 336 g/mol. The Labute approximate surface area is 137 Å². The molecule has 1 saturated heterocycles. The fraction of sp³-hybridized carbons (Fsp3) is 0.333. The van der Waals surface area contributed by atoms with Crippen LogP contribution < -0.4 is 4.90 Å². The lowest BCUT2D eigenvalue weighted by molar-refractivity contribution is -0.117. The number of carbonyl (C=O) groups excluding carboxylic acids is 1. The van der Waals surface area contributed by atoms with Gasteiger partial charge in [0.1, 0.15) is 0 Å². The van der Waals surface area contributed by atoms with E-state index in [2.05, 4.69) is 16.4 Å². The van der Waals surface area contributed by atoms with Crippen LogP contribution in [-0.2, 0) is 11.3 Å². The first-order valence-electron chi connectivity index (χ1n) is 6.76. The number of anilines is 1. The molecule has 1 fully saturated rings. The number of rotatable bonds is 4. The normalized spacial score (nSPS) is 18.4. The van der Waals surface area contributed by atoms with Gasteiger partial charge in [0.2, 0.25) is 5.91 Å². The summed E-state index contributed by atoms with van der Waals surface area (Å²) in [4.78, 5) is 18.9. The number of hydrogen-bond acceptors (Lipinski definition) is 5. The van der Waals surface area contributed by atoms with E-state index < -0.39 is 0 Å². The van der Waals surface area contributed by atoms with E-state index in [0.29, 0.717) is 6.54 Å². The molecule has 0 aliphatic carbocycles. The SMILES string of the molecule is O=C([C@@H]1CSCCS1)N(Cc1ccsc1)c1cccnc1. The Hall–Kier alpha value is -0.980. The summed E-state index contributed by atoms with van der Waals surface area (Å²) < 4.78 is 0. The minimum atomic E-state index is 0.0580. The number of carbonyl (C=O) groups is 1. The molecule has 1 aliphatic heterocycles. The molecule has 1 atom stereocenters. The number of nitrogens with zero attached hydrogens (tertiary/aromatic N) is 2. The van der Waals surface area contributed by atoms with Crippen molar-refractivity contribution in [3.63, 3.8) is 0 Å². The molecule has 2 aromatic rings. The van der Waals surface area contributed by atoms with Crippen LogP contribution in [0.3, 0.4) is 0 Å². The van der Waals surface area contributed by atoms with Crippen LogP contribution in [0.5, 0.6) is 0 Å². The predicted octanol–water partition coefficient (Wildman–Crippen LogP) is 3.52. The summed E-state index contributed by atoms with van der Waals surface area (Å²) in [5, 5.41) is 4.20. The van der Waals surface area contributed by atoms with Gasteiger partial charge in [-0.3, -0.25) is 9.78 Å². The van der Waals surface area contributed by atoms with E-state index in [4.69, 9.17) is 0 Å². The highest BCUT2D eigenvalue weighted by Crippen LogP contribution is 2.28. The first-order valence-corrected chi connectivity index (χ1v) is 9.91. The van der Waals surface area contributed by atoms with Crippen molar-refractivity contribution in [2.45, 2.75) is 11.8 Å². The molecule has 3 heterocycles. The lowest BCUT2D eigenvalue weighted by Gasteiger charge is -2.28. The Morgan fingerprint density at radius 2 is 2.33 bits per heavy atom. The van der Waals surface area contributed by atoms with Gasteiger partial charge in [-0.15, -0.1) is 11.8 Å². The van der Waals surface area contributed by atoms with Crippen LogP contribution in [0.25, 0.3) is 0 Å². The maximum Gasteiger partial charge on any atom is 0.241 e. The van der Waals surface area contributed by atoms with Gasteiger partial charge in [-0.1, -0.05) is 0 Å². The molecule has 0 bridgehead atoms. The number of thioether (sulfide) groups is 2. The zero-order valence-electron chi connectivity index (χ0n) is 11.5. The van der Waals surface area contributed by atoms with Gasteiger partial charge >= 0.3 is 0 Å². The van der Waals surface area contributed by atoms with E-state index >= 15 is 0 Å². The van der Waals surface area contributed by atoms with Gasteiger partial charge in [-0.05, 0) is 34.5 Å². The smallest absolute Gasteiger partial charge is 0.241 e. The Bertz CT molecular complexity index is 568. The largest absolute Gasteiger partial charge is 0.305 e. The molecule has 0 unspecified atom stereocenters. The average molecular weight is 337 g/mol. The summed E-state index contributed by atoms with van der Waals surface area (Å²) >= 11 is 5.31. The van der Waals surface area contributed by atoms with Crippen molar-refractivity contribution >= 4 is 46.5 Å². The Morgan fingerprint density at radius 1 is 1.38 bits per heavy atom. The van der Waals surface area contributed by atoms with Crippen LogP contribution in [0.15, 0.2) is 41.4 Å². The Balaban J connectivity index is 1.82. The molecule has 6 heteroatoms. The summed E-state index contributed by atoms with van der Waals surface area (Å²) in [6, 6.07) is 5.91. The van der Waals surface area contributed by atoms with Crippen molar-refractivity contribution in [2.75, 3.05) is 22.2 Å². The molecule has 21 heavy (non-hydrogen) atoms. The second kappa shape index (κ2) is 7.33. The topological polar surface area (TPSA) is 33.2 Å². The first-order chi connectivity index (χ1) is 10.3. The molecule has 110 valence electrons. The van der Waals surface area contributed by atoms with Crippen LogP contribution in [-0.4, -0.2) is 33.4 Å². The molecular weight excluding hydrogens is 320 g/mol. The minimum Gasteiger partial charge on any atom is -0.305 e. The molecule has 0 saturated carbocycles. The summed E-state index contributed by atoms with van der Waals surface area (Å²) in [6.07, 6.45) is 3.51. The van der Waals surface area contributed by atoms with Crippen molar-refractivity contribution in [3.05, 3.63) is 46.9 Å². The molecule has 0 radical (unpaired) electrons. The minimum absolute atomic E-state index is 0.0580. The quantitative estimate of drug-likeness (QED) is 0.855. The molecule has 2 aromatic heterocycles. The fourth-order valence-corrected chi connectivity index (χ4v) is 5.45. The van der Waals surface area contributed by atoms with Crippen LogP contribution >= 0.6 is 34.9 Å². The van der Waals surface area contributed by atoms with Gasteiger partial charge in [-0.2, -0.15) is 23.1 Å². The summed E-state index contributed by atoms with van der Waals surface area (Å²) in [6.45, 7) is 0.621. The van der Waals surface area contributed by atoms with Crippen molar-refractivity contribution < 1.29 is 4.79 Å². The molecule has 3 nitrogen and oxygen atoms in total. The van der Waals surface area contributed by atoms with Crippen molar-refractivity contribution in [1.82, 2.24) is 4.98 Å².